The Morgan fingerprint density at radius 2 is 1.89 bits per heavy atom. The van der Waals surface area contributed by atoms with Crippen LogP contribution in [-0.2, 0) is 19.4 Å². The van der Waals surface area contributed by atoms with E-state index in [0.29, 0.717) is 37.8 Å². The molecule has 0 spiro atoms. The van der Waals surface area contributed by atoms with E-state index in [9.17, 15) is 23.3 Å². The van der Waals surface area contributed by atoms with Crippen LogP contribution in [0, 0.1) is 11.3 Å². The van der Waals surface area contributed by atoms with Gasteiger partial charge < -0.3 is 23.4 Å². The Morgan fingerprint density at radius 1 is 1.14 bits per heavy atom. The number of nitriles is 1. The van der Waals surface area contributed by atoms with Crippen molar-refractivity contribution in [3.8, 4) is 17.7 Å². The highest BCUT2D eigenvalue weighted by Crippen LogP contribution is 2.29. The van der Waals surface area contributed by atoms with Gasteiger partial charge in [-0.25, -0.2) is 13.2 Å². The number of benzene rings is 1. The number of carbonyl (C=O) groups excluding carboxylic acids is 2. The predicted octanol–water partition coefficient (Wildman–Crippen LogP) is 2.11. The molecule has 3 aromatic rings. The van der Waals surface area contributed by atoms with Crippen LogP contribution in [0.3, 0.4) is 0 Å². The maximum atomic E-state index is 12.6. The van der Waals surface area contributed by atoms with Crippen LogP contribution < -0.4 is 4.90 Å². The summed E-state index contributed by atoms with van der Waals surface area (Å²) in [6.45, 7) is 2.32. The zero-order chi connectivity index (χ0) is 25.0. The van der Waals surface area contributed by atoms with E-state index >= 15 is 0 Å². The summed E-state index contributed by atoms with van der Waals surface area (Å²) >= 11 is 0. The monoisotopic (exact) mass is 498 g/mol. The fraction of sp³-hybridized carbons (Fsp3) is 0.304. The largest absolute Gasteiger partial charge is 0.459 e. The minimum atomic E-state index is -3.63. The van der Waals surface area contributed by atoms with E-state index in [-0.39, 0.29) is 27.8 Å². The van der Waals surface area contributed by atoms with Gasteiger partial charge in [0.05, 0.1) is 22.5 Å². The normalized spacial score (nSPS) is 13.9. The first-order valence-corrected chi connectivity index (χ1v) is 12.5. The van der Waals surface area contributed by atoms with Gasteiger partial charge in [0.25, 0.3) is 11.8 Å². The Labute approximate surface area is 201 Å². The number of carbonyl (C=O) groups is 2. The number of anilines is 1. The Hall–Kier alpha value is -4.11. The first-order chi connectivity index (χ1) is 16.8. The van der Waals surface area contributed by atoms with Crippen LogP contribution in [0.5, 0.6) is 0 Å². The second kappa shape index (κ2) is 10.0. The van der Waals surface area contributed by atoms with Gasteiger partial charge in [-0.05, 0) is 24.3 Å². The zero-order valence-electron chi connectivity index (χ0n) is 18.8. The lowest BCUT2D eigenvalue weighted by molar-refractivity contribution is -0.134. The van der Waals surface area contributed by atoms with Crippen LogP contribution in [0.2, 0.25) is 0 Å². The molecule has 0 atom stereocenters. The van der Waals surface area contributed by atoms with E-state index in [1.54, 1.807) is 17.0 Å². The molecule has 0 bridgehead atoms. The molecule has 1 aliphatic heterocycles. The number of oxazole rings is 1. The van der Waals surface area contributed by atoms with Gasteiger partial charge in [-0.15, -0.1) is 0 Å². The molecule has 0 N–H and O–H groups in total. The second-order valence-corrected chi connectivity index (χ2v) is 9.85. The molecule has 1 saturated heterocycles. The Kier molecular flexibility index (Phi) is 6.88. The van der Waals surface area contributed by atoms with Crippen molar-refractivity contribution in [2.24, 2.45) is 0 Å². The quantitative estimate of drug-likeness (QED) is 0.444. The maximum Gasteiger partial charge on any atom is 0.339 e. The highest BCUT2D eigenvalue weighted by molar-refractivity contribution is 7.91. The average molecular weight is 499 g/mol. The predicted molar refractivity (Wildman–Crippen MR) is 122 cm³/mol. The highest BCUT2D eigenvalue weighted by Gasteiger charge is 2.28. The smallest absolute Gasteiger partial charge is 0.339 e. The van der Waals surface area contributed by atoms with Gasteiger partial charge in [0.15, 0.2) is 22.2 Å². The number of hydrogen-bond donors (Lipinski definition) is 0. The molecule has 3 heterocycles. The van der Waals surface area contributed by atoms with Crippen LogP contribution in [0.1, 0.15) is 23.0 Å². The Bertz CT molecular complexity index is 1360. The number of piperazine rings is 1. The topological polar surface area (TPSA) is 147 Å². The third-order valence-electron chi connectivity index (χ3n) is 5.52. The molecule has 2 aromatic heterocycles. The van der Waals surface area contributed by atoms with Crippen LogP contribution in [0.4, 0.5) is 5.88 Å². The number of furan rings is 1. The van der Waals surface area contributed by atoms with E-state index in [2.05, 4.69) is 4.98 Å². The summed E-state index contributed by atoms with van der Waals surface area (Å²) in [5.41, 5.74) is 0.0134. The zero-order valence-corrected chi connectivity index (χ0v) is 19.7. The third kappa shape index (κ3) is 5.04. The number of hydrogen-bond acceptors (Lipinski definition) is 10. The molecule has 12 heteroatoms. The van der Waals surface area contributed by atoms with Crippen molar-refractivity contribution in [1.82, 2.24) is 9.88 Å². The third-order valence-corrected chi connectivity index (χ3v) is 7.30. The molecule has 0 radical (unpaired) electrons. The SMILES string of the molecule is CCS(=O)(=O)c1ccccc1C(=O)OCC(=O)N1CCN(c2oc(-c3ccco3)nc2C#N)CC1. The van der Waals surface area contributed by atoms with Crippen molar-refractivity contribution >= 4 is 27.6 Å². The fourth-order valence-corrected chi connectivity index (χ4v) is 4.71. The molecule has 1 fully saturated rings. The van der Waals surface area contributed by atoms with Crippen LogP contribution >= 0.6 is 0 Å². The van der Waals surface area contributed by atoms with Crippen molar-refractivity contribution in [3.63, 3.8) is 0 Å². The van der Waals surface area contributed by atoms with E-state index in [1.165, 1.54) is 42.4 Å². The minimum Gasteiger partial charge on any atom is -0.459 e. The number of esters is 1. The van der Waals surface area contributed by atoms with Gasteiger partial charge in [-0.2, -0.15) is 10.2 Å². The highest BCUT2D eigenvalue weighted by atomic mass is 32.2. The molecule has 11 nitrogen and oxygen atoms in total. The molecular weight excluding hydrogens is 476 g/mol. The number of amides is 1. The molecule has 4 rings (SSSR count). The number of nitrogens with zero attached hydrogens (tertiary/aromatic N) is 4. The van der Waals surface area contributed by atoms with Crippen molar-refractivity contribution in [3.05, 3.63) is 53.9 Å². The maximum absolute atomic E-state index is 12.6. The molecule has 0 saturated carbocycles. The second-order valence-electron chi connectivity index (χ2n) is 7.61. The first-order valence-electron chi connectivity index (χ1n) is 10.8. The Morgan fingerprint density at radius 3 is 2.54 bits per heavy atom. The summed E-state index contributed by atoms with van der Waals surface area (Å²) < 4.78 is 40.6. The first kappa shape index (κ1) is 24.0. The summed E-state index contributed by atoms with van der Waals surface area (Å²) in [7, 11) is -3.63. The van der Waals surface area contributed by atoms with Crippen molar-refractivity contribution in [2.75, 3.05) is 43.4 Å². The summed E-state index contributed by atoms with van der Waals surface area (Å²) in [5, 5.41) is 9.42. The minimum absolute atomic E-state index is 0.103. The van der Waals surface area contributed by atoms with Crippen LogP contribution in [-0.4, -0.2) is 68.7 Å². The Balaban J connectivity index is 1.35. The van der Waals surface area contributed by atoms with E-state index in [1.807, 2.05) is 6.07 Å². The molecule has 35 heavy (non-hydrogen) atoms. The molecule has 0 aliphatic carbocycles. The van der Waals surface area contributed by atoms with Gasteiger partial charge in [-0.3, -0.25) is 4.79 Å². The molecule has 1 aliphatic rings. The van der Waals surface area contributed by atoms with Crippen molar-refractivity contribution < 1.29 is 31.6 Å². The fourth-order valence-electron chi connectivity index (χ4n) is 3.62. The lowest BCUT2D eigenvalue weighted by atomic mass is 10.2. The van der Waals surface area contributed by atoms with Crippen LogP contribution in [0.15, 0.2) is 56.4 Å². The van der Waals surface area contributed by atoms with Gasteiger partial charge in [0, 0.05) is 26.2 Å². The number of ether oxygens (including phenoxy) is 1. The van der Waals surface area contributed by atoms with E-state index in [4.69, 9.17) is 13.6 Å². The number of sulfone groups is 1. The van der Waals surface area contributed by atoms with Crippen molar-refractivity contribution in [1.29, 1.82) is 5.26 Å². The summed E-state index contributed by atoms with van der Waals surface area (Å²) in [6, 6.07) is 11.1. The number of rotatable bonds is 7. The standard InChI is InChI=1S/C23H22N4O7S/c1-2-35(30,31)19-8-4-3-6-16(19)23(29)33-15-20(28)26-9-11-27(12-10-26)22-17(14-24)25-21(34-22)18-7-5-13-32-18/h3-8,13H,2,9-12,15H2,1H3. The average Bonchev–Trinajstić information content (AvgIpc) is 3.57. The molecule has 0 unspecified atom stereocenters. The molecule has 1 aromatic carbocycles. The molecule has 182 valence electrons. The lowest BCUT2D eigenvalue weighted by Crippen LogP contribution is -2.50. The molecular formula is C23H22N4O7S. The number of aromatic nitrogens is 1. The van der Waals surface area contributed by atoms with Gasteiger partial charge in [0.1, 0.15) is 6.07 Å². The van der Waals surface area contributed by atoms with Gasteiger partial charge >= 0.3 is 5.97 Å². The van der Waals surface area contributed by atoms with Crippen molar-refractivity contribution in [2.45, 2.75) is 11.8 Å². The summed E-state index contributed by atoms with van der Waals surface area (Å²) in [4.78, 5) is 32.5. The lowest BCUT2D eigenvalue weighted by Gasteiger charge is -2.34. The summed E-state index contributed by atoms with van der Waals surface area (Å²) in [6.07, 6.45) is 1.48. The summed E-state index contributed by atoms with van der Waals surface area (Å²) in [5.74, 6) is -0.568. The van der Waals surface area contributed by atoms with Gasteiger partial charge in [0.2, 0.25) is 11.6 Å². The van der Waals surface area contributed by atoms with Crippen LogP contribution in [0.25, 0.3) is 11.7 Å². The van der Waals surface area contributed by atoms with E-state index in [0.717, 1.165) is 0 Å². The van der Waals surface area contributed by atoms with Gasteiger partial charge in [-0.1, -0.05) is 19.1 Å². The van der Waals surface area contributed by atoms with E-state index < -0.39 is 28.3 Å². The molecule has 1 amide bonds.